The number of hydrogen-bond donors (Lipinski definition) is 2. The van der Waals surface area contributed by atoms with Gasteiger partial charge in [-0.3, -0.25) is 4.79 Å². The first-order valence-corrected chi connectivity index (χ1v) is 6.78. The van der Waals surface area contributed by atoms with Crippen LogP contribution in [0.3, 0.4) is 0 Å². The van der Waals surface area contributed by atoms with Gasteiger partial charge in [-0.05, 0) is 6.07 Å². The number of nitrogen functional groups attached to an aromatic ring is 1. The van der Waals surface area contributed by atoms with E-state index in [0.29, 0.717) is 12.1 Å². The van der Waals surface area contributed by atoms with Crippen LogP contribution in [0.5, 0.6) is 0 Å². The highest BCUT2D eigenvalue weighted by atomic mass is 32.2. The topological polar surface area (TPSA) is 92.5 Å². The SMILES string of the molecule is Nc1cc(S(=O)(=O)N2CCNC(=O)C2)c(F)cc1F. The van der Waals surface area contributed by atoms with Crippen LogP contribution in [0.2, 0.25) is 0 Å². The largest absolute Gasteiger partial charge is 0.396 e. The molecule has 6 nitrogen and oxygen atoms in total. The maximum Gasteiger partial charge on any atom is 0.246 e. The van der Waals surface area contributed by atoms with E-state index < -0.39 is 44.7 Å². The Morgan fingerprint density at radius 1 is 1.26 bits per heavy atom. The van der Waals surface area contributed by atoms with E-state index >= 15 is 0 Å². The van der Waals surface area contributed by atoms with Crippen LogP contribution in [0.4, 0.5) is 14.5 Å². The van der Waals surface area contributed by atoms with Gasteiger partial charge in [0, 0.05) is 19.2 Å². The number of amides is 1. The lowest BCUT2D eigenvalue weighted by Gasteiger charge is -2.26. The van der Waals surface area contributed by atoms with Gasteiger partial charge >= 0.3 is 0 Å². The Bertz CT molecular complexity index is 633. The molecule has 1 amide bonds. The van der Waals surface area contributed by atoms with Gasteiger partial charge in [0.15, 0.2) is 0 Å². The lowest BCUT2D eigenvalue weighted by atomic mass is 10.3. The van der Waals surface area contributed by atoms with Crippen LogP contribution in [0, 0.1) is 11.6 Å². The molecule has 2 rings (SSSR count). The predicted molar refractivity (Wildman–Crippen MR) is 62.5 cm³/mol. The third-order valence-corrected chi connectivity index (χ3v) is 4.53. The van der Waals surface area contributed by atoms with Gasteiger partial charge in [-0.25, -0.2) is 17.2 Å². The summed E-state index contributed by atoms with van der Waals surface area (Å²) in [5.41, 5.74) is 4.77. The lowest BCUT2D eigenvalue weighted by Crippen LogP contribution is -2.49. The summed E-state index contributed by atoms with van der Waals surface area (Å²) in [6.45, 7) is -0.250. The molecule has 1 heterocycles. The lowest BCUT2D eigenvalue weighted by molar-refractivity contribution is -0.122. The molecule has 0 saturated carbocycles. The third-order valence-electron chi connectivity index (χ3n) is 2.67. The summed E-state index contributed by atoms with van der Waals surface area (Å²) in [5.74, 6) is -2.75. The Labute approximate surface area is 108 Å². The number of halogens is 2. The molecule has 1 saturated heterocycles. The maximum absolute atomic E-state index is 13.6. The molecule has 0 aromatic heterocycles. The van der Waals surface area contributed by atoms with E-state index in [1.165, 1.54) is 0 Å². The minimum atomic E-state index is -4.21. The molecule has 1 aromatic rings. The van der Waals surface area contributed by atoms with Gasteiger partial charge in [-0.1, -0.05) is 0 Å². The first-order chi connectivity index (χ1) is 8.82. The standard InChI is InChI=1S/C10H11F2N3O3S/c11-6-3-7(12)9(4-8(6)13)19(17,18)15-2-1-14-10(16)5-15/h3-4H,1-2,5,13H2,(H,14,16). The molecular formula is C10H11F2N3O3S. The van der Waals surface area contributed by atoms with E-state index in [-0.39, 0.29) is 13.1 Å². The Morgan fingerprint density at radius 3 is 2.58 bits per heavy atom. The Morgan fingerprint density at radius 2 is 1.95 bits per heavy atom. The minimum absolute atomic E-state index is 0.0186. The van der Waals surface area contributed by atoms with Gasteiger partial charge in [0.05, 0.1) is 12.2 Å². The second-order valence-corrected chi connectivity index (χ2v) is 5.90. The molecule has 1 fully saturated rings. The number of piperazine rings is 1. The van der Waals surface area contributed by atoms with E-state index in [9.17, 15) is 22.0 Å². The van der Waals surface area contributed by atoms with Crippen molar-refractivity contribution in [3.8, 4) is 0 Å². The number of nitrogens with two attached hydrogens (primary N) is 1. The molecule has 0 unspecified atom stereocenters. The summed E-state index contributed by atoms with van der Waals surface area (Å²) >= 11 is 0. The first kappa shape index (κ1) is 13.7. The fourth-order valence-electron chi connectivity index (χ4n) is 1.70. The van der Waals surface area contributed by atoms with Gasteiger partial charge < -0.3 is 11.1 Å². The van der Waals surface area contributed by atoms with Crippen molar-refractivity contribution < 1.29 is 22.0 Å². The Hall–Kier alpha value is -1.74. The van der Waals surface area contributed by atoms with Gasteiger partial charge in [-0.2, -0.15) is 4.31 Å². The Balaban J connectivity index is 2.44. The molecule has 0 aliphatic carbocycles. The van der Waals surface area contributed by atoms with Gasteiger partial charge in [0.2, 0.25) is 15.9 Å². The second kappa shape index (κ2) is 4.74. The van der Waals surface area contributed by atoms with Crippen molar-refractivity contribution in [3.05, 3.63) is 23.8 Å². The van der Waals surface area contributed by atoms with Gasteiger partial charge in [-0.15, -0.1) is 0 Å². The molecule has 1 aliphatic rings. The monoisotopic (exact) mass is 291 g/mol. The van der Waals surface area contributed by atoms with Crippen LogP contribution in [0.15, 0.2) is 17.0 Å². The van der Waals surface area contributed by atoms with Gasteiger partial charge in [0.25, 0.3) is 0 Å². The van der Waals surface area contributed by atoms with Crippen molar-refractivity contribution in [1.29, 1.82) is 0 Å². The normalized spacial score (nSPS) is 17.3. The van der Waals surface area contributed by atoms with E-state index in [1.807, 2.05) is 0 Å². The maximum atomic E-state index is 13.6. The molecule has 1 aliphatic heterocycles. The zero-order valence-corrected chi connectivity index (χ0v) is 10.5. The number of carbonyl (C=O) groups is 1. The smallest absolute Gasteiger partial charge is 0.246 e. The summed E-state index contributed by atoms with van der Waals surface area (Å²) in [6, 6.07) is 1.12. The molecule has 9 heteroatoms. The molecule has 0 atom stereocenters. The molecular weight excluding hydrogens is 280 g/mol. The molecule has 0 bridgehead atoms. The molecule has 0 spiro atoms. The zero-order chi connectivity index (χ0) is 14.2. The molecule has 1 aromatic carbocycles. The number of rotatable bonds is 2. The fraction of sp³-hybridized carbons (Fsp3) is 0.300. The molecule has 104 valence electrons. The zero-order valence-electron chi connectivity index (χ0n) is 9.69. The van der Waals surface area contributed by atoms with Crippen LogP contribution < -0.4 is 11.1 Å². The minimum Gasteiger partial charge on any atom is -0.396 e. The van der Waals surface area contributed by atoms with E-state index in [2.05, 4.69) is 5.32 Å². The number of anilines is 1. The van der Waals surface area contributed by atoms with Crippen molar-refractivity contribution in [2.75, 3.05) is 25.4 Å². The third kappa shape index (κ3) is 2.51. The van der Waals surface area contributed by atoms with Crippen LogP contribution in [0.1, 0.15) is 0 Å². The van der Waals surface area contributed by atoms with Crippen molar-refractivity contribution >= 4 is 21.6 Å². The quantitative estimate of drug-likeness (QED) is 0.730. The fourth-order valence-corrected chi connectivity index (χ4v) is 3.18. The average Bonchev–Trinajstić information content (AvgIpc) is 2.33. The molecule has 19 heavy (non-hydrogen) atoms. The predicted octanol–water partition coefficient (Wildman–Crippen LogP) is -0.333. The van der Waals surface area contributed by atoms with E-state index in [1.54, 1.807) is 0 Å². The highest BCUT2D eigenvalue weighted by molar-refractivity contribution is 7.89. The second-order valence-electron chi connectivity index (χ2n) is 3.99. The van der Waals surface area contributed by atoms with Crippen molar-refractivity contribution in [1.82, 2.24) is 9.62 Å². The van der Waals surface area contributed by atoms with E-state index in [4.69, 9.17) is 5.73 Å². The molecule has 0 radical (unpaired) electrons. The number of nitrogens with one attached hydrogen (secondary N) is 1. The van der Waals surface area contributed by atoms with Crippen LogP contribution in [-0.4, -0.2) is 38.3 Å². The van der Waals surface area contributed by atoms with Gasteiger partial charge in [0.1, 0.15) is 16.5 Å². The first-order valence-electron chi connectivity index (χ1n) is 5.34. The van der Waals surface area contributed by atoms with E-state index in [0.717, 1.165) is 4.31 Å². The average molecular weight is 291 g/mol. The number of sulfonamides is 1. The number of nitrogens with zero attached hydrogens (tertiary/aromatic N) is 1. The number of hydrogen-bond acceptors (Lipinski definition) is 4. The van der Waals surface area contributed by atoms with Crippen LogP contribution >= 0.6 is 0 Å². The van der Waals surface area contributed by atoms with Crippen LogP contribution in [0.25, 0.3) is 0 Å². The highest BCUT2D eigenvalue weighted by Crippen LogP contribution is 2.24. The van der Waals surface area contributed by atoms with Crippen molar-refractivity contribution in [3.63, 3.8) is 0 Å². The summed E-state index contributed by atoms with van der Waals surface area (Å²) in [5, 5.41) is 2.45. The van der Waals surface area contributed by atoms with Crippen molar-refractivity contribution in [2.24, 2.45) is 0 Å². The summed E-state index contributed by atoms with van der Waals surface area (Å²) < 4.78 is 51.7. The summed E-state index contributed by atoms with van der Waals surface area (Å²) in [4.78, 5) is 10.4. The highest BCUT2D eigenvalue weighted by Gasteiger charge is 2.31. The van der Waals surface area contributed by atoms with Crippen LogP contribution in [-0.2, 0) is 14.8 Å². The number of carbonyl (C=O) groups excluding carboxylic acids is 1. The summed E-state index contributed by atoms with van der Waals surface area (Å²) in [7, 11) is -4.21. The molecule has 3 N–H and O–H groups in total. The Kier molecular flexibility index (Phi) is 3.42. The number of benzene rings is 1. The summed E-state index contributed by atoms with van der Waals surface area (Å²) in [6.07, 6.45) is 0. The van der Waals surface area contributed by atoms with Crippen molar-refractivity contribution in [2.45, 2.75) is 4.90 Å².